The molecule has 8 rings (SSSR count). The van der Waals surface area contributed by atoms with Gasteiger partial charge in [0.2, 0.25) is 0 Å². The van der Waals surface area contributed by atoms with Crippen LogP contribution in [0.15, 0.2) is 30.5 Å². The van der Waals surface area contributed by atoms with Gasteiger partial charge in [-0.15, -0.1) is 11.3 Å². The fourth-order valence-electron chi connectivity index (χ4n) is 8.01. The summed E-state index contributed by atoms with van der Waals surface area (Å²) < 4.78 is 59.8. The first kappa shape index (κ1) is 32.6. The van der Waals surface area contributed by atoms with Gasteiger partial charge in [-0.05, 0) is 50.9 Å². The number of aromatic nitrogens is 3. The second-order valence-electron chi connectivity index (χ2n) is 13.2. The van der Waals surface area contributed by atoms with Crippen molar-refractivity contribution < 1.29 is 22.6 Å². The van der Waals surface area contributed by atoms with E-state index in [1.54, 1.807) is 12.3 Å². The first-order valence-corrected chi connectivity index (χ1v) is 17.5. The molecule has 3 aromatic heterocycles. The lowest BCUT2D eigenvalue weighted by molar-refractivity contribution is 0.107. The maximum atomic E-state index is 17.3. The van der Waals surface area contributed by atoms with Crippen molar-refractivity contribution in [2.24, 2.45) is 0 Å². The van der Waals surface area contributed by atoms with Crippen molar-refractivity contribution in [2.75, 3.05) is 42.7 Å². The molecule has 4 atom stereocenters. The molecule has 2 aromatic carbocycles. The summed E-state index contributed by atoms with van der Waals surface area (Å²) in [5, 5.41) is 10.3. The molecule has 0 amide bonds. The van der Waals surface area contributed by atoms with E-state index < -0.39 is 29.4 Å². The Morgan fingerprint density at radius 1 is 1.24 bits per heavy atom. The molecule has 258 valence electrons. The van der Waals surface area contributed by atoms with Crippen LogP contribution in [0.25, 0.3) is 32.1 Å². The molecule has 50 heavy (non-hydrogen) atoms. The van der Waals surface area contributed by atoms with Gasteiger partial charge >= 0.3 is 6.01 Å². The number of nitrogens with zero attached hydrogens (tertiary/aromatic N) is 6. The topological polar surface area (TPSA) is 139 Å². The maximum Gasteiger partial charge on any atom is 0.319 e. The molecule has 4 N–H and O–H groups in total. The lowest BCUT2D eigenvalue weighted by atomic mass is 9.95. The molecule has 0 radical (unpaired) electrons. The Morgan fingerprint density at radius 2 is 2.06 bits per heavy atom. The quantitative estimate of drug-likeness (QED) is 0.185. The minimum Gasteiger partial charge on any atom is -0.489 e. The van der Waals surface area contributed by atoms with Crippen LogP contribution in [0.2, 0.25) is 5.02 Å². The first-order chi connectivity index (χ1) is 24.0. The molecule has 10 nitrogen and oxygen atoms in total. The van der Waals surface area contributed by atoms with Crippen molar-refractivity contribution in [3.8, 4) is 29.0 Å². The highest BCUT2D eigenvalue weighted by molar-refractivity contribution is 7.23. The fraction of sp³-hybridized carbons (Fsp3) is 0.371. The van der Waals surface area contributed by atoms with E-state index in [1.807, 2.05) is 30.9 Å². The van der Waals surface area contributed by atoms with E-state index in [9.17, 15) is 9.65 Å². The number of halogens is 4. The smallest absolute Gasteiger partial charge is 0.319 e. The van der Waals surface area contributed by atoms with E-state index in [0.717, 1.165) is 30.7 Å². The predicted octanol–water partition coefficient (Wildman–Crippen LogP) is 7.18. The van der Waals surface area contributed by atoms with Crippen molar-refractivity contribution in [2.45, 2.75) is 56.9 Å². The number of anilines is 3. The number of ether oxygens (including phenoxy) is 2. The summed E-state index contributed by atoms with van der Waals surface area (Å²) in [6, 6.07) is 7.35. The third-order valence-electron chi connectivity index (χ3n) is 10.3. The van der Waals surface area contributed by atoms with Gasteiger partial charge in [-0.3, -0.25) is 4.90 Å². The Balaban J connectivity index is 1.37. The van der Waals surface area contributed by atoms with Gasteiger partial charge in [-0.1, -0.05) is 23.7 Å². The normalized spacial score (nSPS) is 22.4. The molecular weight excluding hydrogens is 689 g/mol. The lowest BCUT2D eigenvalue weighted by Crippen LogP contribution is -2.43. The molecular formula is C35H32ClF3N8O2S. The zero-order chi connectivity index (χ0) is 35.1. The average Bonchev–Trinajstić information content (AvgIpc) is 3.70. The van der Waals surface area contributed by atoms with Gasteiger partial charge in [0, 0.05) is 35.7 Å². The van der Waals surface area contributed by atoms with E-state index in [4.69, 9.17) is 37.5 Å². The van der Waals surface area contributed by atoms with Crippen LogP contribution in [0.5, 0.6) is 11.8 Å². The van der Waals surface area contributed by atoms with Crippen LogP contribution >= 0.6 is 22.9 Å². The van der Waals surface area contributed by atoms with Crippen molar-refractivity contribution in [3.05, 3.63) is 58.2 Å². The van der Waals surface area contributed by atoms with E-state index in [2.05, 4.69) is 14.9 Å². The molecule has 3 aliphatic rings. The molecule has 5 aromatic rings. The highest BCUT2D eigenvalue weighted by Gasteiger charge is 2.49. The third-order valence-corrected chi connectivity index (χ3v) is 11.7. The summed E-state index contributed by atoms with van der Waals surface area (Å²) in [4.78, 5) is 17.8. The molecule has 0 bridgehead atoms. The zero-order valence-corrected chi connectivity index (χ0v) is 28.7. The second-order valence-corrected chi connectivity index (χ2v) is 14.7. The standard InChI is InChI=1S/C35H32ClF3N8O2S/c1-16-14-48-29-25-28(27(39)24(26(29)36)20-6-7-22(38)30-23(20)21(12-40)32(42)50-30)44-34(49-15-35-8-4-10-46(35)13-18(37)11-35)45-33(25)47(16)17(2)19-5-3-9-43-31(19)41/h3,5-7,9,16-18H,4,8,10-11,13-15,42H2,1-2H3,(H2,41,43)/t16-,17+,18+,35-/m0/s1. The number of nitriles is 1. The van der Waals surface area contributed by atoms with Gasteiger partial charge in [0.25, 0.3) is 0 Å². The molecule has 0 saturated carbocycles. The largest absolute Gasteiger partial charge is 0.489 e. The molecule has 15 heteroatoms. The molecule has 0 aliphatic carbocycles. The minimum absolute atomic E-state index is 0.0139. The van der Waals surface area contributed by atoms with Crippen LogP contribution in [0, 0.1) is 23.0 Å². The van der Waals surface area contributed by atoms with Gasteiger partial charge in [0.15, 0.2) is 11.6 Å². The number of nitrogen functional groups attached to an aromatic ring is 2. The van der Waals surface area contributed by atoms with E-state index in [1.165, 1.54) is 12.1 Å². The molecule has 0 unspecified atom stereocenters. The summed E-state index contributed by atoms with van der Waals surface area (Å²) in [6.45, 7) is 5.20. The number of hydrogen-bond acceptors (Lipinski definition) is 11. The van der Waals surface area contributed by atoms with Crippen molar-refractivity contribution in [1.82, 2.24) is 19.9 Å². The van der Waals surface area contributed by atoms with E-state index in [-0.39, 0.29) is 78.7 Å². The Labute approximate surface area is 294 Å². The molecule has 2 fully saturated rings. The Bertz CT molecular complexity index is 2250. The maximum absolute atomic E-state index is 17.3. The molecule has 6 heterocycles. The molecule has 0 spiro atoms. The van der Waals surface area contributed by atoms with Crippen LogP contribution in [0.1, 0.15) is 50.3 Å². The Kier molecular flexibility index (Phi) is 7.85. The lowest BCUT2D eigenvalue weighted by Gasteiger charge is -2.35. The molecule has 2 saturated heterocycles. The monoisotopic (exact) mass is 720 g/mol. The number of pyridine rings is 1. The summed E-state index contributed by atoms with van der Waals surface area (Å²) in [5.41, 5.74) is 12.5. The predicted molar refractivity (Wildman–Crippen MR) is 187 cm³/mol. The number of hydrogen-bond donors (Lipinski definition) is 2. The van der Waals surface area contributed by atoms with Crippen LogP contribution < -0.4 is 25.8 Å². The average molecular weight is 721 g/mol. The highest BCUT2D eigenvalue weighted by atomic mass is 35.5. The van der Waals surface area contributed by atoms with Gasteiger partial charge in [0.1, 0.15) is 53.4 Å². The summed E-state index contributed by atoms with van der Waals surface area (Å²) in [5.74, 6) is -0.711. The second kappa shape index (κ2) is 12.0. The Morgan fingerprint density at radius 3 is 2.84 bits per heavy atom. The number of alkyl halides is 1. The van der Waals surface area contributed by atoms with Crippen LogP contribution in [-0.4, -0.2) is 63.9 Å². The fourth-order valence-corrected chi connectivity index (χ4v) is 9.29. The minimum atomic E-state index is -0.970. The van der Waals surface area contributed by atoms with E-state index in [0.29, 0.717) is 30.2 Å². The summed E-state index contributed by atoms with van der Waals surface area (Å²) >= 11 is 7.98. The van der Waals surface area contributed by atoms with Crippen molar-refractivity contribution >= 4 is 60.6 Å². The van der Waals surface area contributed by atoms with Gasteiger partial charge in [-0.2, -0.15) is 15.2 Å². The highest BCUT2D eigenvalue weighted by Crippen LogP contribution is 2.52. The SMILES string of the molecule is C[C@H](c1cccnc1N)N1c2nc(OC[C@@]34CCCN3C[C@H](F)C4)nc3c(F)c(-c4ccc(F)c5sc(N)c(C#N)c45)c(Cl)c(c23)OC[C@@H]1C. The Hall–Kier alpha value is -4.58. The summed E-state index contributed by atoms with van der Waals surface area (Å²) in [7, 11) is 0. The number of rotatable bonds is 6. The number of fused-ring (bicyclic) bond motifs is 2. The number of nitrogens with two attached hydrogens (primary N) is 2. The van der Waals surface area contributed by atoms with Crippen molar-refractivity contribution in [3.63, 3.8) is 0 Å². The van der Waals surface area contributed by atoms with Crippen LogP contribution in [-0.2, 0) is 0 Å². The van der Waals surface area contributed by atoms with E-state index >= 15 is 8.78 Å². The van der Waals surface area contributed by atoms with Crippen LogP contribution in [0.4, 0.5) is 29.8 Å². The van der Waals surface area contributed by atoms with Gasteiger partial charge < -0.3 is 25.8 Å². The van der Waals surface area contributed by atoms with Gasteiger partial charge in [0.05, 0.1) is 38.3 Å². The van der Waals surface area contributed by atoms with Crippen LogP contribution in [0.3, 0.4) is 0 Å². The third kappa shape index (κ3) is 4.89. The first-order valence-electron chi connectivity index (χ1n) is 16.3. The number of benzene rings is 2. The number of thiophene rings is 1. The summed E-state index contributed by atoms with van der Waals surface area (Å²) in [6.07, 6.45) is 2.62. The zero-order valence-electron chi connectivity index (χ0n) is 27.1. The van der Waals surface area contributed by atoms with Gasteiger partial charge in [-0.25, -0.2) is 18.2 Å². The molecule has 3 aliphatic heterocycles. The van der Waals surface area contributed by atoms with Crippen molar-refractivity contribution in [1.29, 1.82) is 5.26 Å².